The molecule has 1 atom stereocenters. The van der Waals surface area contributed by atoms with E-state index in [0.717, 1.165) is 25.8 Å². The van der Waals surface area contributed by atoms with Crippen molar-refractivity contribution in [3.05, 3.63) is 59.7 Å². The Bertz CT molecular complexity index is 961. The van der Waals surface area contributed by atoms with Gasteiger partial charge in [0, 0.05) is 32.4 Å². The minimum atomic E-state index is -3.34. The first-order valence-corrected chi connectivity index (χ1v) is 11.4. The van der Waals surface area contributed by atoms with Crippen molar-refractivity contribution in [2.45, 2.75) is 24.0 Å². The summed E-state index contributed by atoms with van der Waals surface area (Å²) in [5.41, 5.74) is 2.63. The minimum Gasteiger partial charge on any atom is -0.484 e. The van der Waals surface area contributed by atoms with Crippen LogP contribution >= 0.6 is 0 Å². The average Bonchev–Trinajstić information content (AvgIpc) is 2.70. The molecule has 2 aromatic carbocycles. The van der Waals surface area contributed by atoms with Gasteiger partial charge in [-0.3, -0.25) is 9.69 Å². The SMILES string of the molecule is CS(=O)(=O)c1cccc(OCC(=O)NCC(O)CN2CCc3ccccc3C2)c1. The Morgan fingerprint density at radius 2 is 1.97 bits per heavy atom. The summed E-state index contributed by atoms with van der Waals surface area (Å²) in [6, 6.07) is 14.3. The van der Waals surface area contributed by atoms with Gasteiger partial charge in [0.1, 0.15) is 5.75 Å². The molecule has 156 valence electrons. The van der Waals surface area contributed by atoms with Crippen LogP contribution in [-0.2, 0) is 27.6 Å². The molecule has 1 aliphatic heterocycles. The van der Waals surface area contributed by atoms with Crippen LogP contribution in [0.4, 0.5) is 0 Å². The number of benzene rings is 2. The van der Waals surface area contributed by atoms with Gasteiger partial charge in [-0.1, -0.05) is 30.3 Å². The molecular weight excluding hydrogens is 392 g/mol. The molecule has 1 unspecified atom stereocenters. The number of fused-ring (bicyclic) bond motifs is 1. The fourth-order valence-corrected chi connectivity index (χ4v) is 3.95. The molecule has 2 aromatic rings. The van der Waals surface area contributed by atoms with Gasteiger partial charge in [0.05, 0.1) is 11.0 Å². The summed E-state index contributed by atoms with van der Waals surface area (Å²) in [6.45, 7) is 2.02. The van der Waals surface area contributed by atoms with Crippen LogP contribution in [0.15, 0.2) is 53.4 Å². The average molecular weight is 419 g/mol. The summed E-state index contributed by atoms with van der Waals surface area (Å²) < 4.78 is 28.5. The number of ether oxygens (including phenoxy) is 1. The number of hydrogen-bond acceptors (Lipinski definition) is 6. The lowest BCUT2D eigenvalue weighted by molar-refractivity contribution is -0.123. The van der Waals surface area contributed by atoms with E-state index in [4.69, 9.17) is 4.74 Å². The highest BCUT2D eigenvalue weighted by Crippen LogP contribution is 2.19. The molecule has 8 heteroatoms. The van der Waals surface area contributed by atoms with Gasteiger partial charge in [-0.2, -0.15) is 0 Å². The van der Waals surface area contributed by atoms with Crippen LogP contribution in [0.5, 0.6) is 5.75 Å². The summed E-state index contributed by atoms with van der Waals surface area (Å²) >= 11 is 0. The lowest BCUT2D eigenvalue weighted by Crippen LogP contribution is -2.42. The van der Waals surface area contributed by atoms with E-state index in [9.17, 15) is 18.3 Å². The van der Waals surface area contributed by atoms with Crippen LogP contribution < -0.4 is 10.1 Å². The summed E-state index contributed by atoms with van der Waals surface area (Å²) in [7, 11) is -3.34. The number of nitrogens with one attached hydrogen (secondary N) is 1. The number of sulfone groups is 1. The van der Waals surface area contributed by atoms with Gasteiger partial charge < -0.3 is 15.2 Å². The van der Waals surface area contributed by atoms with E-state index in [0.29, 0.717) is 12.3 Å². The molecule has 1 aliphatic rings. The number of carbonyl (C=O) groups excluding carboxylic acids is 1. The maximum atomic E-state index is 12.0. The molecule has 3 rings (SSSR count). The highest BCUT2D eigenvalue weighted by Gasteiger charge is 2.18. The maximum Gasteiger partial charge on any atom is 0.258 e. The first-order chi connectivity index (χ1) is 13.8. The molecule has 0 bridgehead atoms. The van der Waals surface area contributed by atoms with E-state index in [2.05, 4.69) is 22.3 Å². The number of hydrogen-bond donors (Lipinski definition) is 2. The zero-order valence-corrected chi connectivity index (χ0v) is 17.2. The van der Waals surface area contributed by atoms with Crippen LogP contribution in [0.25, 0.3) is 0 Å². The molecule has 0 fully saturated rings. The molecule has 29 heavy (non-hydrogen) atoms. The Labute approximate surface area is 171 Å². The van der Waals surface area contributed by atoms with Crippen LogP contribution in [-0.4, -0.2) is 62.9 Å². The van der Waals surface area contributed by atoms with Crippen molar-refractivity contribution in [1.29, 1.82) is 0 Å². The van der Waals surface area contributed by atoms with E-state index in [-0.39, 0.29) is 24.0 Å². The van der Waals surface area contributed by atoms with Crippen LogP contribution in [0, 0.1) is 0 Å². The molecule has 0 saturated heterocycles. The van der Waals surface area contributed by atoms with Crippen molar-refractivity contribution in [1.82, 2.24) is 10.2 Å². The fraction of sp³-hybridized carbons (Fsp3) is 0.381. The predicted octanol–water partition coefficient (Wildman–Crippen LogP) is 1.00. The molecule has 0 spiro atoms. The molecule has 7 nitrogen and oxygen atoms in total. The first kappa shape index (κ1) is 21.3. The van der Waals surface area contributed by atoms with Crippen molar-refractivity contribution >= 4 is 15.7 Å². The Kier molecular flexibility index (Phi) is 6.89. The quantitative estimate of drug-likeness (QED) is 0.664. The Balaban J connectivity index is 1.40. The summed E-state index contributed by atoms with van der Waals surface area (Å²) in [5.74, 6) is -0.0756. The Hall–Kier alpha value is -2.42. The van der Waals surface area contributed by atoms with Gasteiger partial charge >= 0.3 is 0 Å². The zero-order valence-electron chi connectivity index (χ0n) is 16.4. The molecule has 0 saturated carbocycles. The van der Waals surface area contributed by atoms with E-state index < -0.39 is 15.9 Å². The van der Waals surface area contributed by atoms with Crippen molar-refractivity contribution in [2.24, 2.45) is 0 Å². The van der Waals surface area contributed by atoms with E-state index in [1.165, 1.54) is 23.3 Å². The number of β-amino-alcohol motifs (C(OH)–C–C–N with tert-alkyl or cyclic N) is 1. The van der Waals surface area contributed by atoms with E-state index in [1.807, 2.05) is 12.1 Å². The number of nitrogens with zero attached hydrogens (tertiary/aromatic N) is 1. The lowest BCUT2D eigenvalue weighted by Gasteiger charge is -2.30. The van der Waals surface area contributed by atoms with Crippen LogP contribution in [0.3, 0.4) is 0 Å². The number of aliphatic hydroxyl groups excluding tert-OH is 1. The second-order valence-corrected chi connectivity index (χ2v) is 9.26. The molecular formula is C21H26N2O5S. The maximum absolute atomic E-state index is 12.0. The van der Waals surface area contributed by atoms with Gasteiger partial charge in [0.15, 0.2) is 16.4 Å². The lowest BCUT2D eigenvalue weighted by atomic mass is 10.00. The highest BCUT2D eigenvalue weighted by atomic mass is 32.2. The van der Waals surface area contributed by atoms with Crippen molar-refractivity contribution in [2.75, 3.05) is 32.5 Å². The molecule has 0 radical (unpaired) electrons. The zero-order chi connectivity index (χ0) is 20.9. The Morgan fingerprint density at radius 1 is 1.21 bits per heavy atom. The largest absolute Gasteiger partial charge is 0.484 e. The first-order valence-electron chi connectivity index (χ1n) is 9.48. The molecule has 1 heterocycles. The second-order valence-electron chi connectivity index (χ2n) is 7.25. The van der Waals surface area contributed by atoms with Crippen molar-refractivity contribution < 1.29 is 23.1 Å². The number of aliphatic hydroxyl groups is 1. The van der Waals surface area contributed by atoms with Crippen LogP contribution in [0.2, 0.25) is 0 Å². The third-order valence-electron chi connectivity index (χ3n) is 4.82. The summed E-state index contributed by atoms with van der Waals surface area (Å²) in [4.78, 5) is 14.3. The molecule has 2 N–H and O–H groups in total. The van der Waals surface area contributed by atoms with Gasteiger partial charge in [-0.05, 0) is 35.7 Å². The minimum absolute atomic E-state index is 0.129. The Morgan fingerprint density at radius 3 is 2.72 bits per heavy atom. The molecule has 1 amide bonds. The number of carbonyl (C=O) groups is 1. The normalized spacial score (nSPS) is 15.4. The van der Waals surface area contributed by atoms with Crippen LogP contribution in [0.1, 0.15) is 11.1 Å². The summed E-state index contributed by atoms with van der Waals surface area (Å²) in [6.07, 6.45) is 1.38. The summed E-state index contributed by atoms with van der Waals surface area (Å²) in [5, 5.41) is 12.9. The van der Waals surface area contributed by atoms with E-state index >= 15 is 0 Å². The second kappa shape index (κ2) is 9.39. The van der Waals surface area contributed by atoms with Crippen molar-refractivity contribution in [3.63, 3.8) is 0 Å². The molecule has 0 aromatic heterocycles. The highest BCUT2D eigenvalue weighted by molar-refractivity contribution is 7.90. The molecule has 0 aliphatic carbocycles. The van der Waals surface area contributed by atoms with Gasteiger partial charge in [0.2, 0.25) is 0 Å². The smallest absolute Gasteiger partial charge is 0.258 e. The third-order valence-corrected chi connectivity index (χ3v) is 5.93. The third kappa shape index (κ3) is 6.28. The van der Waals surface area contributed by atoms with Crippen molar-refractivity contribution in [3.8, 4) is 5.75 Å². The monoisotopic (exact) mass is 418 g/mol. The fourth-order valence-electron chi connectivity index (χ4n) is 3.30. The van der Waals surface area contributed by atoms with E-state index in [1.54, 1.807) is 12.1 Å². The number of rotatable bonds is 8. The van der Waals surface area contributed by atoms with Gasteiger partial charge in [0.25, 0.3) is 5.91 Å². The van der Waals surface area contributed by atoms with Gasteiger partial charge in [-0.25, -0.2) is 8.42 Å². The predicted molar refractivity (Wildman–Crippen MR) is 109 cm³/mol. The standard InChI is InChI=1S/C21H26N2O5S/c1-29(26,27)20-8-4-7-19(11-20)28-15-21(25)22-12-18(24)14-23-10-9-16-5-2-3-6-17(16)13-23/h2-8,11,18,24H,9-10,12-15H2,1H3,(H,22,25). The number of amides is 1. The van der Waals surface area contributed by atoms with Gasteiger partial charge in [-0.15, -0.1) is 0 Å². The topological polar surface area (TPSA) is 95.9 Å².